The summed E-state index contributed by atoms with van der Waals surface area (Å²) in [5, 5.41) is 3.41. The van der Waals surface area contributed by atoms with Crippen molar-refractivity contribution in [1.82, 2.24) is 15.3 Å². The molecule has 2 N–H and O–H groups in total. The SMILES string of the molecule is COCCNCC1CCCN(c2cc(=O)[nH]c(C)n2)C1. The van der Waals surface area contributed by atoms with Crippen molar-refractivity contribution in [1.29, 1.82) is 0 Å². The molecule has 0 amide bonds. The highest BCUT2D eigenvalue weighted by Crippen LogP contribution is 2.20. The summed E-state index contributed by atoms with van der Waals surface area (Å²) in [6.45, 7) is 6.36. The molecule has 0 saturated carbocycles. The number of nitrogens with zero attached hydrogens (tertiary/aromatic N) is 2. The Balaban J connectivity index is 1.91. The summed E-state index contributed by atoms with van der Waals surface area (Å²) in [4.78, 5) is 20.9. The topological polar surface area (TPSA) is 70.2 Å². The average Bonchev–Trinajstić information content (AvgIpc) is 2.43. The lowest BCUT2D eigenvalue weighted by molar-refractivity contribution is 0.197. The maximum absolute atomic E-state index is 11.5. The summed E-state index contributed by atoms with van der Waals surface area (Å²) >= 11 is 0. The summed E-state index contributed by atoms with van der Waals surface area (Å²) in [5.74, 6) is 2.07. The Morgan fingerprint density at radius 3 is 3.20 bits per heavy atom. The van der Waals surface area contributed by atoms with Crippen LogP contribution in [0.3, 0.4) is 0 Å². The van der Waals surface area contributed by atoms with Gasteiger partial charge in [0.25, 0.3) is 5.56 Å². The molecule has 1 aliphatic heterocycles. The second kappa shape index (κ2) is 7.40. The number of aryl methyl sites for hydroxylation is 1. The third-order valence-corrected chi connectivity index (χ3v) is 3.61. The van der Waals surface area contributed by atoms with Crippen molar-refractivity contribution >= 4 is 5.82 Å². The van der Waals surface area contributed by atoms with Crippen LogP contribution in [0.4, 0.5) is 5.82 Å². The zero-order chi connectivity index (χ0) is 14.4. The molecule has 2 rings (SSSR count). The Hall–Kier alpha value is -1.40. The molecule has 20 heavy (non-hydrogen) atoms. The minimum Gasteiger partial charge on any atom is -0.383 e. The fourth-order valence-electron chi connectivity index (χ4n) is 2.65. The predicted molar refractivity (Wildman–Crippen MR) is 79.3 cm³/mol. The van der Waals surface area contributed by atoms with Crippen molar-refractivity contribution in [3.05, 3.63) is 22.2 Å². The fourth-order valence-corrected chi connectivity index (χ4v) is 2.65. The van der Waals surface area contributed by atoms with E-state index < -0.39 is 0 Å². The smallest absolute Gasteiger partial charge is 0.252 e. The summed E-state index contributed by atoms with van der Waals surface area (Å²) in [7, 11) is 1.71. The number of aromatic nitrogens is 2. The van der Waals surface area contributed by atoms with Crippen LogP contribution in [0.25, 0.3) is 0 Å². The molecule has 1 saturated heterocycles. The van der Waals surface area contributed by atoms with Gasteiger partial charge in [-0.05, 0) is 32.2 Å². The number of anilines is 1. The van der Waals surface area contributed by atoms with Crippen molar-refractivity contribution in [2.75, 3.05) is 44.8 Å². The van der Waals surface area contributed by atoms with Crippen molar-refractivity contribution in [2.45, 2.75) is 19.8 Å². The lowest BCUT2D eigenvalue weighted by Gasteiger charge is -2.33. The molecule has 0 aliphatic carbocycles. The molecule has 0 aromatic carbocycles. The van der Waals surface area contributed by atoms with Crippen LogP contribution < -0.4 is 15.8 Å². The van der Waals surface area contributed by atoms with E-state index in [2.05, 4.69) is 20.2 Å². The van der Waals surface area contributed by atoms with Gasteiger partial charge in [0.15, 0.2) is 0 Å². The maximum Gasteiger partial charge on any atom is 0.252 e. The number of hydrogen-bond donors (Lipinski definition) is 2. The molecule has 1 unspecified atom stereocenters. The first kappa shape index (κ1) is 15.0. The molecule has 1 fully saturated rings. The van der Waals surface area contributed by atoms with Gasteiger partial charge in [0, 0.05) is 32.8 Å². The van der Waals surface area contributed by atoms with E-state index in [4.69, 9.17) is 4.74 Å². The number of nitrogens with one attached hydrogen (secondary N) is 2. The average molecular weight is 280 g/mol. The summed E-state index contributed by atoms with van der Waals surface area (Å²) in [5.41, 5.74) is -0.0761. The van der Waals surface area contributed by atoms with E-state index in [1.165, 1.54) is 6.42 Å². The van der Waals surface area contributed by atoms with Gasteiger partial charge < -0.3 is 19.9 Å². The van der Waals surface area contributed by atoms with Crippen LogP contribution in [0.1, 0.15) is 18.7 Å². The maximum atomic E-state index is 11.5. The lowest BCUT2D eigenvalue weighted by Crippen LogP contribution is -2.41. The Labute approximate surface area is 119 Å². The largest absolute Gasteiger partial charge is 0.383 e. The van der Waals surface area contributed by atoms with Gasteiger partial charge in [-0.2, -0.15) is 0 Å². The number of aromatic amines is 1. The first-order valence-corrected chi connectivity index (χ1v) is 7.21. The molecule has 0 radical (unpaired) electrons. The van der Waals surface area contributed by atoms with Crippen LogP contribution in [0.5, 0.6) is 0 Å². The van der Waals surface area contributed by atoms with E-state index in [1.54, 1.807) is 13.2 Å². The highest BCUT2D eigenvalue weighted by molar-refractivity contribution is 5.37. The molecule has 1 aromatic heterocycles. The third-order valence-electron chi connectivity index (χ3n) is 3.61. The Morgan fingerprint density at radius 2 is 2.45 bits per heavy atom. The van der Waals surface area contributed by atoms with E-state index in [-0.39, 0.29) is 5.56 Å². The van der Waals surface area contributed by atoms with Crippen LogP contribution >= 0.6 is 0 Å². The zero-order valence-corrected chi connectivity index (χ0v) is 12.3. The Morgan fingerprint density at radius 1 is 1.60 bits per heavy atom. The summed E-state index contributed by atoms with van der Waals surface area (Å²) in [6.07, 6.45) is 2.36. The van der Waals surface area contributed by atoms with Gasteiger partial charge in [0.2, 0.25) is 0 Å². The number of rotatable bonds is 6. The Bertz CT molecular complexity index is 474. The first-order chi connectivity index (χ1) is 9.69. The minimum absolute atomic E-state index is 0.0761. The van der Waals surface area contributed by atoms with Crippen molar-refractivity contribution in [3.8, 4) is 0 Å². The van der Waals surface area contributed by atoms with Gasteiger partial charge in [-0.1, -0.05) is 0 Å². The zero-order valence-electron chi connectivity index (χ0n) is 12.3. The number of methoxy groups -OCH3 is 1. The molecule has 1 atom stereocenters. The molecule has 112 valence electrons. The van der Waals surface area contributed by atoms with Crippen LogP contribution in [-0.2, 0) is 4.74 Å². The highest BCUT2D eigenvalue weighted by atomic mass is 16.5. The van der Waals surface area contributed by atoms with Gasteiger partial charge in [0.1, 0.15) is 11.6 Å². The quantitative estimate of drug-likeness (QED) is 0.744. The van der Waals surface area contributed by atoms with Gasteiger partial charge >= 0.3 is 0 Å². The first-order valence-electron chi connectivity index (χ1n) is 7.21. The van der Waals surface area contributed by atoms with Crippen LogP contribution in [-0.4, -0.2) is 49.9 Å². The second-order valence-corrected chi connectivity index (χ2v) is 5.34. The van der Waals surface area contributed by atoms with Crippen molar-refractivity contribution in [2.24, 2.45) is 5.92 Å². The molecule has 0 spiro atoms. The van der Waals surface area contributed by atoms with E-state index in [1.807, 2.05) is 6.92 Å². The number of H-pyrrole nitrogens is 1. The fraction of sp³-hybridized carbons (Fsp3) is 0.714. The normalized spacial score (nSPS) is 19.3. The minimum atomic E-state index is -0.0761. The van der Waals surface area contributed by atoms with E-state index in [0.29, 0.717) is 11.7 Å². The van der Waals surface area contributed by atoms with E-state index >= 15 is 0 Å². The molecule has 0 bridgehead atoms. The van der Waals surface area contributed by atoms with Gasteiger partial charge in [0.05, 0.1) is 6.61 Å². The van der Waals surface area contributed by atoms with E-state index in [9.17, 15) is 4.79 Å². The third kappa shape index (κ3) is 4.31. The van der Waals surface area contributed by atoms with Gasteiger partial charge in [-0.15, -0.1) is 0 Å². The summed E-state index contributed by atoms with van der Waals surface area (Å²) < 4.78 is 5.03. The highest BCUT2D eigenvalue weighted by Gasteiger charge is 2.21. The summed E-state index contributed by atoms with van der Waals surface area (Å²) in [6, 6.07) is 1.59. The molecular formula is C14H24N4O2. The predicted octanol–water partition coefficient (Wildman–Crippen LogP) is 0.531. The second-order valence-electron chi connectivity index (χ2n) is 5.34. The van der Waals surface area contributed by atoms with Crippen molar-refractivity contribution < 1.29 is 4.74 Å². The van der Waals surface area contributed by atoms with Crippen LogP contribution in [0.15, 0.2) is 10.9 Å². The van der Waals surface area contributed by atoms with Gasteiger partial charge in [-0.3, -0.25) is 4.79 Å². The number of piperidine rings is 1. The lowest BCUT2D eigenvalue weighted by atomic mass is 9.98. The molecule has 1 aliphatic rings. The molecule has 6 nitrogen and oxygen atoms in total. The monoisotopic (exact) mass is 280 g/mol. The van der Waals surface area contributed by atoms with Crippen molar-refractivity contribution in [3.63, 3.8) is 0 Å². The number of hydrogen-bond acceptors (Lipinski definition) is 5. The van der Waals surface area contributed by atoms with E-state index in [0.717, 1.165) is 45.0 Å². The molecule has 6 heteroatoms. The standard InChI is InChI=1S/C14H24N4O2/c1-11-16-13(8-14(19)17-11)18-6-3-4-12(10-18)9-15-5-7-20-2/h8,12,15H,3-7,9-10H2,1-2H3,(H,16,17,19). The van der Waals surface area contributed by atoms with Gasteiger partial charge in [-0.25, -0.2) is 4.98 Å². The Kier molecular flexibility index (Phi) is 5.55. The molecule has 2 heterocycles. The molecular weight excluding hydrogens is 256 g/mol. The number of ether oxygens (including phenoxy) is 1. The van der Waals surface area contributed by atoms with Crippen LogP contribution in [0.2, 0.25) is 0 Å². The molecule has 1 aromatic rings. The van der Waals surface area contributed by atoms with Crippen LogP contribution in [0, 0.1) is 12.8 Å².